The summed E-state index contributed by atoms with van der Waals surface area (Å²) in [5.74, 6) is 0. The average Bonchev–Trinajstić information content (AvgIpc) is 2.85. The Hall–Kier alpha value is -0.0800. The molecular formula is C32H67NO. The van der Waals surface area contributed by atoms with E-state index < -0.39 is 0 Å². The van der Waals surface area contributed by atoms with Gasteiger partial charge >= 0.3 is 0 Å². The van der Waals surface area contributed by atoms with E-state index in [-0.39, 0.29) is 0 Å². The number of hydrogen-bond acceptors (Lipinski definition) is 2. The SMILES string of the molecule is CCCCCCCCCCCCCCNCCCCCCCCCCCCCCCCCCO. The Bertz CT molecular complexity index is 301. The third kappa shape index (κ3) is 31.9. The molecule has 34 heavy (non-hydrogen) atoms. The van der Waals surface area contributed by atoms with Gasteiger partial charge in [-0.3, -0.25) is 0 Å². The van der Waals surface area contributed by atoms with Crippen LogP contribution >= 0.6 is 0 Å². The minimum atomic E-state index is 0.372. The molecule has 0 amide bonds. The van der Waals surface area contributed by atoms with Crippen molar-refractivity contribution >= 4 is 0 Å². The van der Waals surface area contributed by atoms with Crippen molar-refractivity contribution < 1.29 is 5.11 Å². The fourth-order valence-electron chi connectivity index (χ4n) is 5.05. The van der Waals surface area contributed by atoms with Crippen LogP contribution in [0.5, 0.6) is 0 Å². The van der Waals surface area contributed by atoms with Gasteiger partial charge in [0.2, 0.25) is 0 Å². The van der Waals surface area contributed by atoms with Crippen LogP contribution in [0.25, 0.3) is 0 Å². The van der Waals surface area contributed by atoms with Crippen LogP contribution in [0.1, 0.15) is 187 Å². The maximum Gasteiger partial charge on any atom is 0.0431 e. The van der Waals surface area contributed by atoms with Crippen LogP contribution in [0.3, 0.4) is 0 Å². The molecule has 206 valence electrons. The summed E-state index contributed by atoms with van der Waals surface area (Å²) in [4.78, 5) is 0. The highest BCUT2D eigenvalue weighted by Crippen LogP contribution is 2.14. The first-order valence-electron chi connectivity index (χ1n) is 16.2. The van der Waals surface area contributed by atoms with E-state index in [1.165, 1.54) is 186 Å². The maximum atomic E-state index is 8.77. The predicted octanol–water partition coefficient (Wildman–Crippen LogP) is 10.5. The van der Waals surface area contributed by atoms with Gasteiger partial charge in [-0.05, 0) is 32.4 Å². The van der Waals surface area contributed by atoms with E-state index in [9.17, 15) is 0 Å². The van der Waals surface area contributed by atoms with Gasteiger partial charge in [-0.15, -0.1) is 0 Å². The van der Waals surface area contributed by atoms with E-state index in [2.05, 4.69) is 12.2 Å². The molecule has 0 aromatic carbocycles. The maximum absolute atomic E-state index is 8.77. The highest BCUT2D eigenvalue weighted by atomic mass is 16.2. The van der Waals surface area contributed by atoms with Crippen LogP contribution in [-0.4, -0.2) is 24.8 Å². The van der Waals surface area contributed by atoms with Crippen LogP contribution in [0.4, 0.5) is 0 Å². The van der Waals surface area contributed by atoms with Gasteiger partial charge in [0.25, 0.3) is 0 Å². The Labute approximate surface area is 216 Å². The second-order valence-corrected chi connectivity index (χ2v) is 11.0. The summed E-state index contributed by atoms with van der Waals surface area (Å²) in [5.41, 5.74) is 0. The second-order valence-electron chi connectivity index (χ2n) is 11.0. The van der Waals surface area contributed by atoms with Crippen molar-refractivity contribution in [2.24, 2.45) is 0 Å². The Balaban J connectivity index is 2.99. The zero-order valence-electron chi connectivity index (χ0n) is 23.9. The standard InChI is InChI=1S/C32H67NO/c1-2-3-4-5-6-7-8-15-18-21-24-27-30-33-31-28-25-22-19-16-13-11-9-10-12-14-17-20-23-26-29-32-34/h33-34H,2-32H2,1H3. The molecule has 2 heteroatoms. The summed E-state index contributed by atoms with van der Waals surface area (Å²) in [7, 11) is 0. The lowest BCUT2D eigenvalue weighted by molar-refractivity contribution is 0.282. The third-order valence-electron chi connectivity index (χ3n) is 7.47. The van der Waals surface area contributed by atoms with Crippen LogP contribution < -0.4 is 5.32 Å². The third-order valence-corrected chi connectivity index (χ3v) is 7.47. The van der Waals surface area contributed by atoms with Crippen molar-refractivity contribution in [2.45, 2.75) is 187 Å². The molecule has 0 aromatic heterocycles. The van der Waals surface area contributed by atoms with E-state index in [1.54, 1.807) is 0 Å². The molecule has 0 saturated heterocycles. The first-order chi connectivity index (χ1) is 16.9. The van der Waals surface area contributed by atoms with Gasteiger partial charge in [-0.25, -0.2) is 0 Å². The summed E-state index contributed by atoms with van der Waals surface area (Å²) in [6.07, 6.45) is 39.4. The number of nitrogens with one attached hydrogen (secondary N) is 1. The normalized spacial score (nSPS) is 11.5. The molecule has 0 aromatic rings. The molecule has 0 aliphatic rings. The van der Waals surface area contributed by atoms with Crippen molar-refractivity contribution in [3.63, 3.8) is 0 Å². The van der Waals surface area contributed by atoms with Crippen LogP contribution in [0, 0.1) is 0 Å². The van der Waals surface area contributed by atoms with E-state index in [1.807, 2.05) is 0 Å². The minimum absolute atomic E-state index is 0.372. The molecule has 0 bridgehead atoms. The van der Waals surface area contributed by atoms with Gasteiger partial charge in [-0.1, -0.05) is 167 Å². The van der Waals surface area contributed by atoms with Gasteiger partial charge in [-0.2, -0.15) is 0 Å². The lowest BCUT2D eigenvalue weighted by Crippen LogP contribution is -2.16. The van der Waals surface area contributed by atoms with Crippen LogP contribution in [-0.2, 0) is 0 Å². The number of hydrogen-bond donors (Lipinski definition) is 2. The van der Waals surface area contributed by atoms with E-state index in [0.717, 1.165) is 6.42 Å². The van der Waals surface area contributed by atoms with E-state index >= 15 is 0 Å². The molecule has 0 aliphatic heterocycles. The molecule has 0 heterocycles. The first kappa shape index (κ1) is 33.9. The van der Waals surface area contributed by atoms with Crippen LogP contribution in [0.2, 0.25) is 0 Å². The largest absolute Gasteiger partial charge is 0.396 e. The fourth-order valence-corrected chi connectivity index (χ4v) is 5.05. The summed E-state index contributed by atoms with van der Waals surface area (Å²) in [5, 5.41) is 12.4. The molecule has 0 spiro atoms. The highest BCUT2D eigenvalue weighted by molar-refractivity contribution is 4.53. The zero-order chi connectivity index (χ0) is 24.6. The summed E-state index contributed by atoms with van der Waals surface area (Å²) in [6, 6.07) is 0. The molecule has 2 nitrogen and oxygen atoms in total. The fraction of sp³-hybridized carbons (Fsp3) is 1.00. The van der Waals surface area contributed by atoms with Gasteiger partial charge < -0.3 is 10.4 Å². The molecule has 0 saturated carbocycles. The van der Waals surface area contributed by atoms with Crippen molar-refractivity contribution in [2.75, 3.05) is 19.7 Å². The Kier molecular flexibility index (Phi) is 32.8. The van der Waals surface area contributed by atoms with Crippen molar-refractivity contribution in [3.8, 4) is 0 Å². The topological polar surface area (TPSA) is 32.3 Å². The van der Waals surface area contributed by atoms with Crippen molar-refractivity contribution in [1.29, 1.82) is 0 Å². The molecule has 0 unspecified atom stereocenters. The number of aliphatic hydroxyl groups excluding tert-OH is 1. The Morgan fingerprint density at radius 1 is 0.324 bits per heavy atom. The molecule has 0 atom stereocenters. The lowest BCUT2D eigenvalue weighted by Gasteiger charge is -2.06. The second kappa shape index (κ2) is 32.9. The number of aliphatic hydroxyl groups is 1. The first-order valence-corrected chi connectivity index (χ1v) is 16.2. The Morgan fingerprint density at radius 3 is 0.824 bits per heavy atom. The molecule has 0 fully saturated rings. The quantitative estimate of drug-likeness (QED) is 0.0965. The number of rotatable bonds is 31. The van der Waals surface area contributed by atoms with Gasteiger partial charge in [0.05, 0.1) is 0 Å². The average molecular weight is 482 g/mol. The van der Waals surface area contributed by atoms with E-state index in [0.29, 0.717) is 6.61 Å². The summed E-state index contributed by atoms with van der Waals surface area (Å²) >= 11 is 0. The highest BCUT2D eigenvalue weighted by Gasteiger charge is 1.96. The Morgan fingerprint density at radius 2 is 0.559 bits per heavy atom. The van der Waals surface area contributed by atoms with Crippen LogP contribution in [0.15, 0.2) is 0 Å². The van der Waals surface area contributed by atoms with Crippen molar-refractivity contribution in [1.82, 2.24) is 5.32 Å². The van der Waals surface area contributed by atoms with Gasteiger partial charge in [0, 0.05) is 6.61 Å². The lowest BCUT2D eigenvalue weighted by atomic mass is 10.0. The smallest absolute Gasteiger partial charge is 0.0431 e. The summed E-state index contributed by atoms with van der Waals surface area (Å²) in [6.45, 7) is 5.14. The zero-order valence-corrected chi connectivity index (χ0v) is 23.9. The number of unbranched alkanes of at least 4 members (excludes halogenated alkanes) is 26. The molecule has 0 rings (SSSR count). The van der Waals surface area contributed by atoms with Crippen molar-refractivity contribution in [3.05, 3.63) is 0 Å². The van der Waals surface area contributed by atoms with E-state index in [4.69, 9.17) is 5.11 Å². The molecule has 2 N–H and O–H groups in total. The van der Waals surface area contributed by atoms with Gasteiger partial charge in [0.1, 0.15) is 0 Å². The molecular weight excluding hydrogens is 414 g/mol. The van der Waals surface area contributed by atoms with Gasteiger partial charge in [0.15, 0.2) is 0 Å². The predicted molar refractivity (Wildman–Crippen MR) is 155 cm³/mol. The molecule has 0 aliphatic carbocycles. The molecule has 0 radical (unpaired) electrons. The monoisotopic (exact) mass is 482 g/mol. The minimum Gasteiger partial charge on any atom is -0.396 e. The summed E-state index contributed by atoms with van der Waals surface area (Å²) < 4.78 is 0.